The maximum Gasteiger partial charge on any atom is 0.224 e. The molecule has 1 aliphatic heterocycles. The second kappa shape index (κ2) is 3.01. The molecule has 0 saturated heterocycles. The van der Waals surface area contributed by atoms with E-state index in [0.717, 1.165) is 0 Å². The van der Waals surface area contributed by atoms with Gasteiger partial charge in [0, 0.05) is 0 Å². The lowest BCUT2D eigenvalue weighted by Crippen LogP contribution is -2.17. The summed E-state index contributed by atoms with van der Waals surface area (Å²) in [6, 6.07) is 0. The summed E-state index contributed by atoms with van der Waals surface area (Å²) < 4.78 is 0. The van der Waals surface area contributed by atoms with Crippen molar-refractivity contribution in [3.05, 3.63) is 11.6 Å². The molecule has 10 nitrogen and oxygen atoms in total. The lowest BCUT2D eigenvalue weighted by atomic mass is 10.2. The van der Waals surface area contributed by atoms with Gasteiger partial charge in [-0.3, -0.25) is 9.98 Å². The zero-order valence-corrected chi connectivity index (χ0v) is 7.28. The van der Waals surface area contributed by atoms with Crippen molar-refractivity contribution < 1.29 is 0 Å². The third-order valence-electron chi connectivity index (χ3n) is 1.80. The fraction of sp³-hybridized carbons (Fsp3) is 0.200. The van der Waals surface area contributed by atoms with Crippen LogP contribution >= 0.6 is 0 Å². The highest BCUT2D eigenvalue weighted by atomic mass is 15.5. The lowest BCUT2D eigenvalue weighted by molar-refractivity contribution is 0.881. The number of aromatic amines is 2. The molecule has 2 aromatic rings. The number of hydrogen-bond donors (Lipinski definition) is 2. The van der Waals surface area contributed by atoms with Gasteiger partial charge in [0.2, 0.25) is 11.6 Å². The molecular weight excluding hydrogens is 200 g/mol. The summed E-state index contributed by atoms with van der Waals surface area (Å²) in [5.41, 5.74) is 1.04. The van der Waals surface area contributed by atoms with Crippen LogP contribution in [0.3, 0.4) is 0 Å². The number of rotatable bonds is 2. The average molecular weight is 204 g/mol. The fourth-order valence-corrected chi connectivity index (χ4v) is 1.20. The number of hydrogen-bond acceptors (Lipinski definition) is 8. The molecule has 0 atom stereocenters. The molecule has 0 aromatic carbocycles. The molecule has 0 aliphatic carbocycles. The quantitative estimate of drug-likeness (QED) is 0.578. The van der Waals surface area contributed by atoms with Gasteiger partial charge in [0.25, 0.3) is 0 Å². The SMILES string of the molecule is C1N=C(c2nn[nH]n2)C(c2nn[nH]n2)=N1. The minimum Gasteiger partial charge on any atom is -0.255 e. The summed E-state index contributed by atoms with van der Waals surface area (Å²) in [7, 11) is 0. The van der Waals surface area contributed by atoms with Crippen LogP contribution in [0.5, 0.6) is 0 Å². The van der Waals surface area contributed by atoms with Gasteiger partial charge in [0.1, 0.15) is 18.1 Å². The summed E-state index contributed by atoms with van der Waals surface area (Å²) >= 11 is 0. The van der Waals surface area contributed by atoms with Gasteiger partial charge >= 0.3 is 0 Å². The molecule has 0 bridgehead atoms. The third-order valence-corrected chi connectivity index (χ3v) is 1.80. The molecule has 74 valence electrons. The molecule has 10 heteroatoms. The first-order valence-corrected chi connectivity index (χ1v) is 4.02. The molecule has 0 spiro atoms. The van der Waals surface area contributed by atoms with Gasteiger partial charge in [0.15, 0.2) is 0 Å². The second-order valence-corrected chi connectivity index (χ2v) is 2.63. The molecule has 0 radical (unpaired) electrons. The Balaban J connectivity index is 2.02. The molecule has 0 amide bonds. The van der Waals surface area contributed by atoms with Crippen molar-refractivity contribution in [2.24, 2.45) is 9.98 Å². The normalized spacial score (nSPS) is 15.2. The Morgan fingerprint density at radius 1 is 0.800 bits per heavy atom. The third kappa shape index (κ3) is 1.19. The van der Waals surface area contributed by atoms with Crippen LogP contribution in [0.1, 0.15) is 11.6 Å². The minimum atomic E-state index is 0.313. The van der Waals surface area contributed by atoms with Crippen molar-refractivity contribution in [3.63, 3.8) is 0 Å². The first-order chi connectivity index (χ1) is 7.45. The van der Waals surface area contributed by atoms with Crippen molar-refractivity contribution in [3.8, 4) is 0 Å². The van der Waals surface area contributed by atoms with Crippen molar-refractivity contribution in [1.82, 2.24) is 41.2 Å². The number of nitrogens with zero attached hydrogens (tertiary/aromatic N) is 8. The van der Waals surface area contributed by atoms with Gasteiger partial charge in [-0.05, 0) is 10.4 Å². The standard InChI is InChI=1S/C5H4N10/c1-6-2(4-8-12-13-9-4)3(7-1)5-10-14-15-11-5/h1H2,(H,8,9,12,13)(H,10,11,14,15). The van der Waals surface area contributed by atoms with E-state index in [1.54, 1.807) is 0 Å². The second-order valence-electron chi connectivity index (χ2n) is 2.63. The highest BCUT2D eigenvalue weighted by molar-refractivity contribution is 6.52. The zero-order valence-electron chi connectivity index (χ0n) is 7.28. The van der Waals surface area contributed by atoms with Crippen LogP contribution in [0, 0.1) is 0 Å². The Morgan fingerprint density at radius 2 is 1.33 bits per heavy atom. The molecule has 3 rings (SSSR count). The summed E-state index contributed by atoms with van der Waals surface area (Å²) in [5, 5.41) is 26.8. The van der Waals surface area contributed by atoms with Gasteiger partial charge in [0.05, 0.1) is 0 Å². The summed E-state index contributed by atoms with van der Waals surface area (Å²) in [4.78, 5) is 8.24. The maximum absolute atomic E-state index is 4.12. The Hall–Kier alpha value is -2.52. The van der Waals surface area contributed by atoms with Crippen LogP contribution in [-0.4, -0.2) is 59.3 Å². The van der Waals surface area contributed by atoms with E-state index in [-0.39, 0.29) is 0 Å². The van der Waals surface area contributed by atoms with E-state index in [0.29, 0.717) is 29.7 Å². The van der Waals surface area contributed by atoms with Crippen molar-refractivity contribution in [2.75, 3.05) is 6.67 Å². The van der Waals surface area contributed by atoms with Gasteiger partial charge in [-0.2, -0.15) is 10.4 Å². The van der Waals surface area contributed by atoms with Crippen LogP contribution in [0.25, 0.3) is 0 Å². The van der Waals surface area contributed by atoms with E-state index in [9.17, 15) is 0 Å². The van der Waals surface area contributed by atoms with E-state index < -0.39 is 0 Å². The van der Waals surface area contributed by atoms with Gasteiger partial charge in [-0.1, -0.05) is 0 Å². The van der Waals surface area contributed by atoms with Crippen LogP contribution in [0.4, 0.5) is 0 Å². The molecule has 2 N–H and O–H groups in total. The van der Waals surface area contributed by atoms with Gasteiger partial charge in [-0.25, -0.2) is 0 Å². The Morgan fingerprint density at radius 3 is 1.73 bits per heavy atom. The first kappa shape index (κ1) is 7.84. The van der Waals surface area contributed by atoms with E-state index in [4.69, 9.17) is 0 Å². The zero-order chi connectivity index (χ0) is 10.1. The molecular formula is C5H4N10. The summed E-state index contributed by atoms with van der Waals surface area (Å²) in [6.07, 6.45) is 0. The summed E-state index contributed by atoms with van der Waals surface area (Å²) in [6.45, 7) is 0.313. The van der Waals surface area contributed by atoms with E-state index in [2.05, 4.69) is 51.2 Å². The Bertz CT molecular complexity index is 456. The number of aromatic nitrogens is 8. The molecule has 0 saturated carbocycles. The van der Waals surface area contributed by atoms with Crippen LogP contribution in [0.15, 0.2) is 9.98 Å². The van der Waals surface area contributed by atoms with Crippen molar-refractivity contribution in [2.45, 2.75) is 0 Å². The highest BCUT2D eigenvalue weighted by Gasteiger charge is 2.24. The Labute approximate surface area is 81.9 Å². The smallest absolute Gasteiger partial charge is 0.224 e. The summed E-state index contributed by atoms with van der Waals surface area (Å²) in [5.74, 6) is 0.743. The minimum absolute atomic E-state index is 0.313. The van der Waals surface area contributed by atoms with Crippen LogP contribution in [-0.2, 0) is 0 Å². The van der Waals surface area contributed by atoms with Crippen molar-refractivity contribution >= 4 is 11.4 Å². The van der Waals surface area contributed by atoms with Crippen molar-refractivity contribution in [1.29, 1.82) is 0 Å². The van der Waals surface area contributed by atoms with Crippen LogP contribution in [0.2, 0.25) is 0 Å². The molecule has 0 fully saturated rings. The first-order valence-electron chi connectivity index (χ1n) is 4.02. The fourth-order valence-electron chi connectivity index (χ4n) is 1.20. The molecule has 15 heavy (non-hydrogen) atoms. The van der Waals surface area contributed by atoms with E-state index >= 15 is 0 Å². The number of aliphatic imine (C=N–C) groups is 2. The molecule has 3 heterocycles. The highest BCUT2D eigenvalue weighted by Crippen LogP contribution is 2.06. The van der Waals surface area contributed by atoms with Gasteiger partial charge in [-0.15, -0.1) is 20.4 Å². The predicted octanol–water partition coefficient (Wildman–Crippen LogP) is -2.04. The molecule has 0 unspecified atom stereocenters. The molecule has 1 aliphatic rings. The maximum atomic E-state index is 4.12. The molecule has 2 aromatic heterocycles. The van der Waals surface area contributed by atoms with Gasteiger partial charge < -0.3 is 0 Å². The lowest BCUT2D eigenvalue weighted by Gasteiger charge is -1.93. The predicted molar refractivity (Wildman–Crippen MR) is 46.3 cm³/mol. The number of tetrazole rings is 2. The number of nitrogens with one attached hydrogen (secondary N) is 2. The topological polar surface area (TPSA) is 134 Å². The average Bonchev–Trinajstić information content (AvgIpc) is 3.01. The van der Waals surface area contributed by atoms with E-state index in [1.165, 1.54) is 0 Å². The number of H-pyrrole nitrogens is 2. The Kier molecular flexibility index (Phi) is 1.57. The monoisotopic (exact) mass is 204 g/mol. The largest absolute Gasteiger partial charge is 0.255 e. The van der Waals surface area contributed by atoms with Crippen LogP contribution < -0.4 is 0 Å². The van der Waals surface area contributed by atoms with E-state index in [1.807, 2.05) is 0 Å².